The monoisotopic (exact) mass is 965 g/mol. The number of ether oxygens (including phenoxy) is 1. The molecule has 5 aliphatic rings. The highest BCUT2D eigenvalue weighted by molar-refractivity contribution is 6.02. The van der Waals surface area contributed by atoms with E-state index in [1.54, 1.807) is 27.1 Å². The number of piperazine rings is 2. The van der Waals surface area contributed by atoms with Crippen LogP contribution >= 0.6 is 0 Å². The molecule has 4 N–H and O–H groups in total. The zero-order valence-electron chi connectivity index (χ0n) is 39.5. The molecule has 0 unspecified atom stereocenters. The van der Waals surface area contributed by atoms with Gasteiger partial charge in [0.1, 0.15) is 35.3 Å². The van der Waals surface area contributed by atoms with Crippen LogP contribution in [0.2, 0.25) is 0 Å². The molecule has 1 saturated carbocycles. The molecule has 10 rings (SSSR count). The summed E-state index contributed by atoms with van der Waals surface area (Å²) in [6.45, 7) is 11.6. The Morgan fingerprint density at radius 2 is 1.54 bits per heavy atom. The van der Waals surface area contributed by atoms with E-state index >= 15 is 8.78 Å². The SMILES string of the molecule is CC(C)(C)n1nc(-c2noc(C3CC3)c2-c2ncc(N3CCN(C(=O)OCC(=O)N4CCC(CN5CCN(c6c(F)cc(N[C@@H]7CCC(=O)NC7=O)cc6F)CC5)CC4)CC3)cn2)c2c(N)ncnc21. The summed E-state index contributed by atoms with van der Waals surface area (Å²) in [6.07, 6.45) is 8.34. The number of aromatic nitrogens is 7. The second-order valence-electron chi connectivity index (χ2n) is 19.8. The van der Waals surface area contributed by atoms with Crippen LogP contribution < -0.4 is 26.2 Å². The minimum absolute atomic E-state index is 0.0960. The molecule has 1 atom stereocenters. The van der Waals surface area contributed by atoms with Gasteiger partial charge in [0.15, 0.2) is 35.5 Å². The summed E-state index contributed by atoms with van der Waals surface area (Å²) in [5, 5.41) is 15.1. The molecule has 0 bridgehead atoms. The van der Waals surface area contributed by atoms with Gasteiger partial charge in [-0.05, 0) is 70.9 Å². The van der Waals surface area contributed by atoms with Crippen LogP contribution in [0, 0.1) is 17.6 Å². The molecule has 0 spiro atoms. The van der Waals surface area contributed by atoms with Gasteiger partial charge in [0.25, 0.3) is 5.91 Å². The van der Waals surface area contributed by atoms with Crippen LogP contribution in [0.3, 0.4) is 0 Å². The smallest absolute Gasteiger partial charge is 0.410 e. The third kappa shape index (κ3) is 9.62. The second-order valence-corrected chi connectivity index (χ2v) is 19.8. The molecule has 4 aliphatic heterocycles. The summed E-state index contributed by atoms with van der Waals surface area (Å²) in [7, 11) is 0. The number of nitrogens with one attached hydrogen (secondary N) is 2. The van der Waals surface area contributed by atoms with Crippen LogP contribution in [-0.4, -0.2) is 158 Å². The van der Waals surface area contributed by atoms with E-state index in [4.69, 9.17) is 30.1 Å². The van der Waals surface area contributed by atoms with Gasteiger partial charge in [-0.1, -0.05) is 5.16 Å². The maximum Gasteiger partial charge on any atom is 0.410 e. The average molecular weight is 966 g/mol. The van der Waals surface area contributed by atoms with Crippen molar-refractivity contribution in [2.24, 2.45) is 5.92 Å². The minimum Gasteiger partial charge on any atom is -0.439 e. The van der Waals surface area contributed by atoms with Crippen molar-refractivity contribution in [1.29, 1.82) is 0 Å². The fraction of sp³-hybridized carbons (Fsp3) is 0.532. The molecule has 4 aromatic heterocycles. The molecule has 70 heavy (non-hydrogen) atoms. The molecule has 4 amide bonds. The van der Waals surface area contributed by atoms with Crippen molar-refractivity contribution < 1.29 is 37.2 Å². The Morgan fingerprint density at radius 1 is 0.857 bits per heavy atom. The highest BCUT2D eigenvalue weighted by atomic mass is 19.1. The number of fused-ring (bicyclic) bond motifs is 1. The predicted molar refractivity (Wildman–Crippen MR) is 252 cm³/mol. The highest BCUT2D eigenvalue weighted by Crippen LogP contribution is 2.48. The van der Waals surface area contributed by atoms with Crippen molar-refractivity contribution in [2.45, 2.75) is 76.8 Å². The third-order valence-corrected chi connectivity index (χ3v) is 13.9. The average Bonchev–Trinajstić information content (AvgIpc) is 3.96. The molecule has 5 aromatic rings. The molecular formula is C47H57F2N15O6. The highest BCUT2D eigenvalue weighted by Gasteiger charge is 2.37. The zero-order chi connectivity index (χ0) is 48.8. The first-order chi connectivity index (χ1) is 33.7. The normalized spacial score (nSPS) is 19.8. The molecule has 370 valence electrons. The van der Waals surface area contributed by atoms with E-state index in [2.05, 4.69) is 35.6 Å². The van der Waals surface area contributed by atoms with Gasteiger partial charge in [0.2, 0.25) is 11.8 Å². The van der Waals surface area contributed by atoms with Gasteiger partial charge in [-0.15, -0.1) is 0 Å². The number of halogens is 2. The van der Waals surface area contributed by atoms with Gasteiger partial charge in [-0.25, -0.2) is 38.2 Å². The Morgan fingerprint density at radius 3 is 2.20 bits per heavy atom. The van der Waals surface area contributed by atoms with Crippen molar-refractivity contribution >= 4 is 57.7 Å². The van der Waals surface area contributed by atoms with Gasteiger partial charge in [0, 0.05) is 90.0 Å². The number of anilines is 4. The van der Waals surface area contributed by atoms with Gasteiger partial charge in [-0.3, -0.25) is 24.6 Å². The molecule has 1 aromatic carbocycles. The molecule has 21 nitrogen and oxygen atoms in total. The van der Waals surface area contributed by atoms with E-state index < -0.39 is 35.2 Å². The number of hydrogen-bond donors (Lipinski definition) is 3. The number of carbonyl (C=O) groups excluding carboxylic acids is 4. The van der Waals surface area contributed by atoms with E-state index in [0.29, 0.717) is 111 Å². The largest absolute Gasteiger partial charge is 0.439 e. The standard InChI is InChI=1S/C47H57F2N15O6/c1-47(2,3)64-44-37(42(50)53-26-54-44)38(57-64)39-36(41(70-58-39)28-4-5-28)43-51-22-30(23-52-43)60-16-18-63(19-17-60)46(68)69-25-35(66)61-10-8-27(9-11-61)24-59-12-14-62(15-13-59)40-31(48)20-29(21-32(40)49)55-33-6-7-34(65)56-45(33)67/h20-23,26-28,33,55H,4-19,24-25H2,1-3H3,(H2,50,53,54)(H,56,65,67)/t33-/m1/s1. The number of benzene rings is 1. The van der Waals surface area contributed by atoms with E-state index in [-0.39, 0.29) is 54.4 Å². The van der Waals surface area contributed by atoms with Crippen LogP contribution in [-0.2, 0) is 24.7 Å². The van der Waals surface area contributed by atoms with Crippen LogP contribution in [0.1, 0.15) is 71.0 Å². The van der Waals surface area contributed by atoms with Crippen LogP contribution in [0.5, 0.6) is 0 Å². The lowest BCUT2D eigenvalue weighted by Gasteiger charge is -2.39. The Balaban J connectivity index is 0.666. The minimum atomic E-state index is -0.746. The van der Waals surface area contributed by atoms with Gasteiger partial charge < -0.3 is 39.9 Å². The Labute approximate surface area is 402 Å². The number of amides is 4. The third-order valence-electron chi connectivity index (χ3n) is 13.9. The Bertz CT molecular complexity index is 2760. The first-order valence-corrected chi connectivity index (χ1v) is 24.0. The van der Waals surface area contributed by atoms with E-state index in [1.807, 2.05) is 25.5 Å². The zero-order valence-corrected chi connectivity index (χ0v) is 39.5. The second kappa shape index (κ2) is 19.0. The van der Waals surface area contributed by atoms with Crippen molar-refractivity contribution in [3.05, 3.63) is 48.2 Å². The lowest BCUT2D eigenvalue weighted by Crippen LogP contribution is -2.50. The molecule has 0 radical (unpaired) electrons. The molecule has 5 fully saturated rings. The van der Waals surface area contributed by atoms with Gasteiger partial charge in [-0.2, -0.15) is 5.10 Å². The number of nitrogen functional groups attached to an aromatic ring is 1. The number of carbonyl (C=O) groups is 4. The topological polar surface area (TPSA) is 239 Å². The summed E-state index contributed by atoms with van der Waals surface area (Å²) in [4.78, 5) is 77.6. The molecule has 23 heteroatoms. The van der Waals surface area contributed by atoms with E-state index in [1.165, 1.54) is 18.5 Å². The summed E-state index contributed by atoms with van der Waals surface area (Å²) in [5.74, 6) is -0.556. The van der Waals surface area contributed by atoms with Crippen molar-refractivity contribution in [2.75, 3.05) is 99.4 Å². The summed E-state index contributed by atoms with van der Waals surface area (Å²) in [6, 6.07) is 1.63. The summed E-state index contributed by atoms with van der Waals surface area (Å²) < 4.78 is 43.8. The maximum atomic E-state index is 15.3. The quantitative estimate of drug-likeness (QED) is 0.159. The molecule has 8 heterocycles. The molecule has 1 aliphatic carbocycles. The first-order valence-electron chi connectivity index (χ1n) is 24.0. The number of piperidine rings is 2. The number of nitrogens with two attached hydrogens (primary N) is 1. The molecular weight excluding hydrogens is 909 g/mol. The van der Waals surface area contributed by atoms with E-state index in [9.17, 15) is 19.2 Å². The van der Waals surface area contributed by atoms with Crippen molar-refractivity contribution in [3.63, 3.8) is 0 Å². The van der Waals surface area contributed by atoms with Gasteiger partial charge >= 0.3 is 6.09 Å². The molecule has 4 saturated heterocycles. The fourth-order valence-corrected chi connectivity index (χ4v) is 9.85. The van der Waals surface area contributed by atoms with Crippen LogP contribution in [0.25, 0.3) is 33.8 Å². The van der Waals surface area contributed by atoms with Crippen molar-refractivity contribution in [3.8, 4) is 22.8 Å². The summed E-state index contributed by atoms with van der Waals surface area (Å²) >= 11 is 0. The first kappa shape index (κ1) is 46.7. The predicted octanol–water partition coefficient (Wildman–Crippen LogP) is 3.97. The maximum absolute atomic E-state index is 15.3. The lowest BCUT2D eigenvalue weighted by molar-refractivity contribution is -0.136. The van der Waals surface area contributed by atoms with Crippen molar-refractivity contribution in [1.82, 2.24) is 54.9 Å². The Kier molecular flexibility index (Phi) is 12.7. The number of likely N-dealkylation sites (tertiary alicyclic amines) is 1. The Hall–Kier alpha value is -7.04. The number of imide groups is 1. The van der Waals surface area contributed by atoms with Gasteiger partial charge in [0.05, 0.1) is 34.6 Å². The fourth-order valence-electron chi connectivity index (χ4n) is 9.85. The number of hydrogen-bond acceptors (Lipinski definition) is 17. The number of rotatable bonds is 11. The number of nitrogens with zero attached hydrogens (tertiary/aromatic N) is 12. The lowest BCUT2D eigenvalue weighted by atomic mass is 9.96. The van der Waals surface area contributed by atoms with Crippen LogP contribution in [0.15, 0.2) is 35.4 Å². The van der Waals surface area contributed by atoms with Crippen LogP contribution in [0.4, 0.5) is 36.5 Å². The summed E-state index contributed by atoms with van der Waals surface area (Å²) in [5.41, 5.74) is 9.07. The van der Waals surface area contributed by atoms with E-state index in [0.717, 1.165) is 37.9 Å².